The van der Waals surface area contributed by atoms with E-state index in [1.54, 1.807) is 4.90 Å². The zero-order valence-corrected chi connectivity index (χ0v) is 17.7. The van der Waals surface area contributed by atoms with Crippen molar-refractivity contribution < 1.29 is 28.6 Å². The minimum atomic E-state index is -4.69. The Morgan fingerprint density at radius 2 is 2.07 bits per heavy atom. The number of phosphoric acid groups is 1. The molecule has 154 valence electrons. The summed E-state index contributed by atoms with van der Waals surface area (Å²) in [7, 11) is -3.36. The average molecular weight is 479 g/mol. The lowest BCUT2D eigenvalue weighted by Crippen LogP contribution is -2.31. The van der Waals surface area contributed by atoms with Crippen molar-refractivity contribution in [3.8, 4) is 6.07 Å². The molecule has 0 spiro atoms. The van der Waals surface area contributed by atoms with Gasteiger partial charge in [0.25, 0.3) is 11.6 Å². The second-order valence-corrected chi connectivity index (χ2v) is 7.61. The molecule has 2 N–H and O–H groups in total. The highest BCUT2D eigenvalue weighted by Gasteiger charge is 2.27. The summed E-state index contributed by atoms with van der Waals surface area (Å²) in [6, 6.07) is 4.27. The van der Waals surface area contributed by atoms with Gasteiger partial charge in [0.05, 0.1) is 22.8 Å². The number of hydrogen-bond donors (Lipinski definition) is 2. The molecule has 28 heavy (non-hydrogen) atoms. The van der Waals surface area contributed by atoms with Gasteiger partial charge in [-0.15, -0.1) is 0 Å². The maximum Gasteiger partial charge on any atom is 0.469 e. The summed E-state index contributed by atoms with van der Waals surface area (Å²) in [6.07, 6.45) is 0. The van der Waals surface area contributed by atoms with Crippen molar-refractivity contribution >= 4 is 41.0 Å². The molecule has 1 aromatic rings. The largest absolute Gasteiger partial charge is 0.469 e. The van der Waals surface area contributed by atoms with E-state index in [0.29, 0.717) is 24.1 Å². The van der Waals surface area contributed by atoms with E-state index in [0.717, 1.165) is 11.0 Å². The predicted octanol–water partition coefficient (Wildman–Crippen LogP) is 1.87. The van der Waals surface area contributed by atoms with Crippen LogP contribution in [0.1, 0.15) is 22.8 Å². The SMILES string of the molecule is CCN(CCBr)c1cc(C(=O)N(C)CCOP(=O)(O)O)c([N+](=O)[O-])cc1C#N. The molecule has 0 heterocycles. The fraction of sp³-hybridized carbons (Fsp3) is 0.467. The molecule has 11 nitrogen and oxygen atoms in total. The van der Waals surface area contributed by atoms with Crippen molar-refractivity contribution in [1.82, 2.24) is 4.90 Å². The lowest BCUT2D eigenvalue weighted by molar-refractivity contribution is -0.385. The molecular formula is C15H20BrN4O7P. The highest BCUT2D eigenvalue weighted by Crippen LogP contribution is 2.35. The minimum Gasteiger partial charge on any atom is -0.370 e. The molecule has 0 aliphatic rings. The summed E-state index contributed by atoms with van der Waals surface area (Å²) < 4.78 is 15.0. The molecule has 0 fully saturated rings. The van der Waals surface area contributed by atoms with Gasteiger partial charge in [-0.25, -0.2) is 4.57 Å². The van der Waals surface area contributed by atoms with E-state index in [4.69, 9.17) is 9.79 Å². The zero-order valence-electron chi connectivity index (χ0n) is 15.2. The molecule has 1 aromatic carbocycles. The fourth-order valence-electron chi connectivity index (χ4n) is 2.41. The Labute approximate surface area is 170 Å². The Bertz CT molecular complexity index is 823. The van der Waals surface area contributed by atoms with Gasteiger partial charge in [-0.05, 0) is 13.0 Å². The number of halogens is 1. The highest BCUT2D eigenvalue weighted by atomic mass is 79.9. The maximum absolute atomic E-state index is 12.7. The van der Waals surface area contributed by atoms with Crippen LogP contribution in [0.15, 0.2) is 12.1 Å². The van der Waals surface area contributed by atoms with Gasteiger partial charge in [0.1, 0.15) is 11.6 Å². The molecule has 0 unspecified atom stereocenters. The maximum atomic E-state index is 12.7. The summed E-state index contributed by atoms with van der Waals surface area (Å²) in [5.74, 6) is -0.735. The first-order valence-corrected chi connectivity index (χ1v) is 10.7. The first kappa shape index (κ1) is 24.0. The van der Waals surface area contributed by atoms with Crippen molar-refractivity contribution in [3.63, 3.8) is 0 Å². The number of phosphoric ester groups is 1. The molecule has 0 saturated heterocycles. The number of amides is 1. The third kappa shape index (κ3) is 6.54. The van der Waals surface area contributed by atoms with Crippen LogP contribution in [0.3, 0.4) is 0 Å². The highest BCUT2D eigenvalue weighted by molar-refractivity contribution is 9.09. The van der Waals surface area contributed by atoms with Crippen LogP contribution in [0.5, 0.6) is 0 Å². The zero-order chi connectivity index (χ0) is 21.5. The number of carbonyl (C=O) groups excluding carboxylic acids is 1. The third-order valence-electron chi connectivity index (χ3n) is 3.77. The Kier molecular flexibility index (Phi) is 9.00. The van der Waals surface area contributed by atoms with Gasteiger partial charge in [-0.1, -0.05) is 15.9 Å². The first-order chi connectivity index (χ1) is 13.1. The van der Waals surface area contributed by atoms with Crippen LogP contribution in [-0.4, -0.2) is 64.1 Å². The number of likely N-dealkylation sites (N-methyl/N-ethyl adjacent to an activating group) is 1. The summed E-state index contributed by atoms with van der Waals surface area (Å²) in [5, 5.41) is 21.4. The van der Waals surface area contributed by atoms with Crippen LogP contribution in [0.2, 0.25) is 0 Å². The monoisotopic (exact) mass is 478 g/mol. The molecule has 0 aromatic heterocycles. The van der Waals surface area contributed by atoms with Gasteiger partial charge in [-0.2, -0.15) is 5.26 Å². The smallest absolute Gasteiger partial charge is 0.370 e. The minimum absolute atomic E-state index is 0.0681. The quantitative estimate of drug-likeness (QED) is 0.221. The average Bonchev–Trinajstić information content (AvgIpc) is 2.63. The van der Waals surface area contributed by atoms with E-state index >= 15 is 0 Å². The number of nitriles is 1. The molecule has 0 saturated carbocycles. The number of benzene rings is 1. The number of alkyl halides is 1. The number of nitro benzene ring substituents is 1. The second kappa shape index (κ2) is 10.5. The summed E-state index contributed by atoms with van der Waals surface area (Å²) in [5.41, 5.74) is -0.301. The molecule has 0 bridgehead atoms. The number of carbonyl (C=O) groups is 1. The molecular weight excluding hydrogens is 459 g/mol. The lowest BCUT2D eigenvalue weighted by Gasteiger charge is -2.24. The molecule has 13 heteroatoms. The van der Waals surface area contributed by atoms with E-state index in [1.165, 1.54) is 13.1 Å². The lowest BCUT2D eigenvalue weighted by atomic mass is 10.0. The topological polar surface area (TPSA) is 157 Å². The fourth-order valence-corrected chi connectivity index (χ4v) is 3.15. The number of nitrogens with zero attached hydrogens (tertiary/aromatic N) is 4. The van der Waals surface area contributed by atoms with Crippen LogP contribution in [0.25, 0.3) is 0 Å². The van der Waals surface area contributed by atoms with E-state index in [-0.39, 0.29) is 17.7 Å². The van der Waals surface area contributed by atoms with Crippen LogP contribution in [0, 0.1) is 21.4 Å². The van der Waals surface area contributed by atoms with Gasteiger partial charge in [-0.3, -0.25) is 19.4 Å². The van der Waals surface area contributed by atoms with E-state index in [1.807, 2.05) is 13.0 Å². The Morgan fingerprint density at radius 1 is 1.43 bits per heavy atom. The molecule has 1 rings (SSSR count). The molecule has 0 atom stereocenters. The molecule has 0 radical (unpaired) electrons. The van der Waals surface area contributed by atoms with Crippen LogP contribution < -0.4 is 4.90 Å². The predicted molar refractivity (Wildman–Crippen MR) is 104 cm³/mol. The van der Waals surface area contributed by atoms with Crippen LogP contribution in [0.4, 0.5) is 11.4 Å². The van der Waals surface area contributed by atoms with Crippen LogP contribution >= 0.6 is 23.8 Å². The van der Waals surface area contributed by atoms with Crippen molar-refractivity contribution in [1.29, 1.82) is 5.26 Å². The number of nitro groups is 1. The van der Waals surface area contributed by atoms with Crippen molar-refractivity contribution in [2.75, 3.05) is 43.5 Å². The van der Waals surface area contributed by atoms with Gasteiger partial charge in [0.15, 0.2) is 0 Å². The van der Waals surface area contributed by atoms with Gasteiger partial charge < -0.3 is 19.6 Å². The van der Waals surface area contributed by atoms with Gasteiger partial charge in [0, 0.05) is 38.1 Å². The Balaban J connectivity index is 3.30. The van der Waals surface area contributed by atoms with Crippen molar-refractivity contribution in [2.24, 2.45) is 0 Å². The van der Waals surface area contributed by atoms with E-state index in [2.05, 4.69) is 20.5 Å². The Morgan fingerprint density at radius 3 is 2.54 bits per heavy atom. The van der Waals surface area contributed by atoms with Crippen LogP contribution in [-0.2, 0) is 9.09 Å². The van der Waals surface area contributed by atoms with E-state index in [9.17, 15) is 24.7 Å². The number of anilines is 1. The summed E-state index contributed by atoms with van der Waals surface area (Å²) in [6.45, 7) is 2.22. The third-order valence-corrected chi connectivity index (χ3v) is 4.64. The summed E-state index contributed by atoms with van der Waals surface area (Å²) >= 11 is 3.30. The molecule has 1 amide bonds. The molecule has 0 aliphatic heterocycles. The summed E-state index contributed by atoms with van der Waals surface area (Å²) in [4.78, 5) is 43.6. The van der Waals surface area contributed by atoms with Gasteiger partial charge in [0.2, 0.25) is 0 Å². The normalized spacial score (nSPS) is 11.0. The first-order valence-electron chi connectivity index (χ1n) is 8.04. The number of rotatable bonds is 10. The van der Waals surface area contributed by atoms with Crippen molar-refractivity contribution in [3.05, 3.63) is 33.4 Å². The second-order valence-electron chi connectivity index (χ2n) is 5.57. The van der Waals surface area contributed by atoms with Crippen molar-refractivity contribution in [2.45, 2.75) is 6.92 Å². The van der Waals surface area contributed by atoms with E-state index < -0.39 is 30.9 Å². The Hall–Kier alpha value is -2.03. The standard InChI is InChI=1S/C15H20BrN4O7P/c1-3-19(5-4-16)13-9-12(14(20(22)23)8-11(13)10-17)15(21)18(2)6-7-27-28(24,25)26/h8-9H,3-7H2,1-2H3,(H2,24,25,26). The molecule has 0 aliphatic carbocycles. The number of hydrogen-bond acceptors (Lipinski definition) is 7. The van der Waals surface area contributed by atoms with Gasteiger partial charge >= 0.3 is 7.82 Å².